The number of allylic oxidation sites excluding steroid dienone is 2. The molecule has 1 aliphatic heterocycles. The van der Waals surface area contributed by atoms with E-state index in [9.17, 15) is 49.5 Å². The summed E-state index contributed by atoms with van der Waals surface area (Å²) in [6.07, 6.45) is -12.1. The lowest BCUT2D eigenvalue weighted by Gasteiger charge is -2.30. The van der Waals surface area contributed by atoms with E-state index in [2.05, 4.69) is 10.6 Å². The van der Waals surface area contributed by atoms with Crippen LogP contribution in [0.4, 0.5) is 40.8 Å². The molecule has 1 aliphatic carbocycles. The number of hydrogen-bond acceptors (Lipinski definition) is 3. The summed E-state index contributed by atoms with van der Waals surface area (Å²) in [4.78, 5) is 41.5. The maximum Gasteiger partial charge on any atom is 0.416 e. The van der Waals surface area contributed by atoms with Gasteiger partial charge in [-0.05, 0) is 68.2 Å². The lowest BCUT2D eigenvalue weighted by Crippen LogP contribution is -2.56. The Labute approximate surface area is 253 Å². The number of hydrogen-bond donors (Lipinski definition) is 2. The molecule has 14 heteroatoms. The number of aryl methyl sites for hydroxylation is 1. The number of rotatable bonds is 7. The third-order valence-electron chi connectivity index (χ3n) is 7.52. The smallest absolute Gasteiger partial charge is 0.342 e. The summed E-state index contributed by atoms with van der Waals surface area (Å²) in [6.45, 7) is 3.24. The van der Waals surface area contributed by atoms with Crippen LogP contribution in [0.1, 0.15) is 43.4 Å². The fourth-order valence-corrected chi connectivity index (χ4v) is 5.33. The normalized spacial score (nSPS) is 19.7. The highest BCUT2D eigenvalue weighted by atomic mass is 19.4. The Kier molecular flexibility index (Phi) is 9.74. The Bertz CT molecular complexity index is 1530. The van der Waals surface area contributed by atoms with Crippen LogP contribution in [0.15, 0.2) is 65.8 Å². The number of halogens is 8. The van der Waals surface area contributed by atoms with Crippen molar-refractivity contribution < 1.29 is 49.5 Å². The fourth-order valence-electron chi connectivity index (χ4n) is 5.33. The molecule has 0 spiro atoms. The number of benzene rings is 2. The lowest BCUT2D eigenvalue weighted by atomic mass is 9.94. The minimum absolute atomic E-state index is 0.0550. The third-order valence-corrected chi connectivity index (χ3v) is 7.52. The third kappa shape index (κ3) is 7.71. The monoisotopic (exact) mass is 643 g/mol. The maximum absolute atomic E-state index is 14.6. The molecule has 3 atom stereocenters. The Hall–Kier alpha value is -4.23. The number of alkyl halides is 7. The Morgan fingerprint density at radius 2 is 1.71 bits per heavy atom. The van der Waals surface area contributed by atoms with E-state index < -0.39 is 89.7 Å². The molecule has 0 aromatic heterocycles. The number of carbonyl (C=O) groups is 3. The predicted molar refractivity (Wildman–Crippen MR) is 148 cm³/mol. The van der Waals surface area contributed by atoms with Crippen LogP contribution in [0.25, 0.3) is 0 Å². The molecule has 6 nitrogen and oxygen atoms in total. The van der Waals surface area contributed by atoms with E-state index in [1.807, 2.05) is 0 Å². The average molecular weight is 644 g/mol. The van der Waals surface area contributed by atoms with Crippen LogP contribution in [0.5, 0.6) is 0 Å². The lowest BCUT2D eigenvalue weighted by molar-refractivity contribution is -0.137. The molecule has 1 unspecified atom stereocenters. The number of nitrogens with one attached hydrogen (secondary N) is 2. The first-order valence-corrected chi connectivity index (χ1v) is 14.0. The van der Waals surface area contributed by atoms with Gasteiger partial charge in [-0.15, -0.1) is 0 Å². The fraction of sp³-hybridized carbons (Fsp3) is 0.387. The molecule has 242 valence electrons. The van der Waals surface area contributed by atoms with E-state index in [0.29, 0.717) is 6.08 Å². The Balaban J connectivity index is 1.64. The number of amides is 3. The molecule has 0 radical (unpaired) electrons. The summed E-state index contributed by atoms with van der Waals surface area (Å²) >= 11 is 0. The van der Waals surface area contributed by atoms with Crippen molar-refractivity contribution in [3.05, 3.63) is 88.3 Å². The van der Waals surface area contributed by atoms with Gasteiger partial charge in [0.1, 0.15) is 24.1 Å². The molecule has 2 N–H and O–H groups in total. The van der Waals surface area contributed by atoms with Crippen LogP contribution >= 0.6 is 0 Å². The maximum atomic E-state index is 14.6. The van der Waals surface area contributed by atoms with Gasteiger partial charge in [-0.1, -0.05) is 24.3 Å². The van der Waals surface area contributed by atoms with Crippen LogP contribution in [-0.2, 0) is 33.4 Å². The van der Waals surface area contributed by atoms with E-state index in [0.717, 1.165) is 24.3 Å². The second-order valence-corrected chi connectivity index (χ2v) is 11.0. The first-order valence-electron chi connectivity index (χ1n) is 14.0. The summed E-state index contributed by atoms with van der Waals surface area (Å²) in [6, 6.07) is 4.55. The van der Waals surface area contributed by atoms with Gasteiger partial charge >= 0.3 is 12.4 Å². The minimum Gasteiger partial charge on any atom is -0.342 e. The molecule has 1 heterocycles. The quantitative estimate of drug-likeness (QED) is 0.369. The summed E-state index contributed by atoms with van der Waals surface area (Å²) in [7, 11) is 0. The summed E-state index contributed by atoms with van der Waals surface area (Å²) in [5, 5.41) is 4.64. The molecular formula is C31H29F8N3O3. The molecule has 0 saturated heterocycles. The van der Waals surface area contributed by atoms with Crippen molar-refractivity contribution in [1.29, 1.82) is 0 Å². The Morgan fingerprint density at radius 3 is 2.33 bits per heavy atom. The number of fused-ring (bicyclic) bond motifs is 1. The molecule has 2 aromatic rings. The molecule has 0 fully saturated rings. The van der Waals surface area contributed by atoms with Crippen molar-refractivity contribution in [1.82, 2.24) is 10.6 Å². The molecular weight excluding hydrogens is 614 g/mol. The molecule has 45 heavy (non-hydrogen) atoms. The highest BCUT2D eigenvalue weighted by Crippen LogP contribution is 2.37. The second kappa shape index (κ2) is 13.0. The molecule has 2 aromatic carbocycles. The largest absolute Gasteiger partial charge is 0.416 e. The van der Waals surface area contributed by atoms with E-state index in [1.165, 1.54) is 29.2 Å². The molecule has 4 rings (SSSR count). The van der Waals surface area contributed by atoms with Crippen LogP contribution in [-0.4, -0.2) is 48.2 Å². The number of anilines is 1. The first kappa shape index (κ1) is 33.7. The minimum atomic E-state index is -5.06. The SMILES string of the molecule is CC(C)N1C(=O)[C@H](NC(=O)[C@@H](Cc2ccccc2F)NC(=O)C2=C(C(F)(F)F)CC(F)C=C2)CCc2cc(C(F)(F)F)ccc21. The van der Waals surface area contributed by atoms with E-state index >= 15 is 0 Å². The van der Waals surface area contributed by atoms with Crippen molar-refractivity contribution in [3.8, 4) is 0 Å². The zero-order chi connectivity index (χ0) is 33.3. The van der Waals surface area contributed by atoms with Gasteiger partial charge in [-0.25, -0.2) is 8.78 Å². The van der Waals surface area contributed by atoms with Gasteiger partial charge in [-0.2, -0.15) is 26.3 Å². The molecule has 0 bridgehead atoms. The summed E-state index contributed by atoms with van der Waals surface area (Å²) < 4.78 is 109. The van der Waals surface area contributed by atoms with Crippen molar-refractivity contribution >= 4 is 23.4 Å². The van der Waals surface area contributed by atoms with Gasteiger partial charge in [0.15, 0.2) is 0 Å². The zero-order valence-electron chi connectivity index (χ0n) is 24.0. The van der Waals surface area contributed by atoms with E-state index in [1.54, 1.807) is 13.8 Å². The molecule has 0 saturated carbocycles. The van der Waals surface area contributed by atoms with Gasteiger partial charge < -0.3 is 15.5 Å². The topological polar surface area (TPSA) is 78.5 Å². The number of carbonyl (C=O) groups excluding carboxylic acids is 3. The van der Waals surface area contributed by atoms with Crippen LogP contribution < -0.4 is 15.5 Å². The van der Waals surface area contributed by atoms with Gasteiger partial charge in [0, 0.05) is 35.7 Å². The predicted octanol–water partition coefficient (Wildman–Crippen LogP) is 5.90. The molecule has 3 amide bonds. The first-order chi connectivity index (χ1) is 21.0. The van der Waals surface area contributed by atoms with Gasteiger partial charge in [0.2, 0.25) is 11.8 Å². The van der Waals surface area contributed by atoms with Crippen molar-refractivity contribution in [2.24, 2.45) is 0 Å². The van der Waals surface area contributed by atoms with Crippen LogP contribution in [0.3, 0.4) is 0 Å². The summed E-state index contributed by atoms with van der Waals surface area (Å²) in [5.74, 6) is -3.86. The zero-order valence-corrected chi connectivity index (χ0v) is 24.0. The van der Waals surface area contributed by atoms with Gasteiger partial charge in [-0.3, -0.25) is 14.4 Å². The van der Waals surface area contributed by atoms with Gasteiger partial charge in [0.25, 0.3) is 5.91 Å². The summed E-state index contributed by atoms with van der Waals surface area (Å²) in [5.41, 5.74) is -2.93. The van der Waals surface area contributed by atoms with E-state index in [4.69, 9.17) is 0 Å². The van der Waals surface area contributed by atoms with Crippen molar-refractivity contribution in [3.63, 3.8) is 0 Å². The highest BCUT2D eigenvalue weighted by molar-refractivity contribution is 6.03. The van der Waals surface area contributed by atoms with Gasteiger partial charge in [0.05, 0.1) is 5.56 Å². The van der Waals surface area contributed by atoms with Crippen LogP contribution in [0.2, 0.25) is 0 Å². The Morgan fingerprint density at radius 1 is 1.02 bits per heavy atom. The van der Waals surface area contributed by atoms with Crippen molar-refractivity contribution in [2.45, 2.75) is 76.2 Å². The van der Waals surface area contributed by atoms with Crippen LogP contribution in [0, 0.1) is 5.82 Å². The average Bonchev–Trinajstić information content (AvgIpc) is 3.08. The number of nitrogens with zero attached hydrogens (tertiary/aromatic N) is 1. The standard InChI is InChI=1S/C31H29F8N3O3/c1-16(2)42-26-12-8-19(30(34,35)36)13-18(26)7-11-24(29(42)45)40-28(44)25(14-17-5-3-4-6-23(17)33)41-27(43)21-10-9-20(32)15-22(21)31(37,38)39/h3-6,8-10,12-13,16,20,24-25H,7,11,14-15H2,1-2H3,(H,40,44)(H,41,43)/t20?,24-,25-/m1/s1. The highest BCUT2D eigenvalue weighted by Gasteiger charge is 2.41. The molecule has 2 aliphatic rings. The second-order valence-electron chi connectivity index (χ2n) is 11.0. The van der Waals surface area contributed by atoms with Crippen molar-refractivity contribution in [2.75, 3.05) is 4.90 Å². The van der Waals surface area contributed by atoms with E-state index in [-0.39, 0.29) is 29.7 Å².